The maximum absolute atomic E-state index is 3.41. The molecule has 0 aliphatic heterocycles. The van der Waals surface area contributed by atoms with Gasteiger partial charge in [-0.05, 0) is 25.5 Å². The lowest BCUT2D eigenvalue weighted by Gasteiger charge is -2.07. The summed E-state index contributed by atoms with van der Waals surface area (Å²) in [6.45, 7) is 7.56. The Kier molecular flexibility index (Phi) is 3.97. The Labute approximate surface area is 81.2 Å². The number of hydrogen-bond acceptors (Lipinski definition) is 1. The van der Waals surface area contributed by atoms with Gasteiger partial charge in [0.05, 0.1) is 0 Å². The van der Waals surface area contributed by atoms with Crippen LogP contribution in [0.2, 0.25) is 0 Å². The van der Waals surface area contributed by atoms with Crippen LogP contribution in [-0.4, -0.2) is 12.6 Å². The van der Waals surface area contributed by atoms with Crippen LogP contribution in [0, 0.1) is 6.92 Å². The first kappa shape index (κ1) is 10.3. The Morgan fingerprint density at radius 3 is 2.69 bits per heavy atom. The second-order valence-electron chi connectivity index (χ2n) is 3.85. The van der Waals surface area contributed by atoms with E-state index in [2.05, 4.69) is 50.4 Å². The van der Waals surface area contributed by atoms with Gasteiger partial charge in [0, 0.05) is 6.04 Å². The van der Waals surface area contributed by atoms with E-state index in [1.54, 1.807) is 0 Å². The van der Waals surface area contributed by atoms with Gasteiger partial charge < -0.3 is 5.32 Å². The van der Waals surface area contributed by atoms with E-state index in [1.807, 2.05) is 0 Å². The molecule has 1 rings (SSSR count). The number of rotatable bonds is 4. The van der Waals surface area contributed by atoms with Crippen molar-refractivity contribution in [2.45, 2.75) is 33.2 Å². The van der Waals surface area contributed by atoms with Gasteiger partial charge in [-0.15, -0.1) is 0 Å². The zero-order chi connectivity index (χ0) is 9.68. The summed E-state index contributed by atoms with van der Waals surface area (Å²) in [4.78, 5) is 0. The fourth-order valence-electron chi connectivity index (χ4n) is 1.37. The van der Waals surface area contributed by atoms with Crippen LogP contribution in [0.15, 0.2) is 24.3 Å². The molecule has 0 saturated heterocycles. The van der Waals surface area contributed by atoms with Crippen LogP contribution in [0.25, 0.3) is 0 Å². The van der Waals surface area contributed by atoms with E-state index >= 15 is 0 Å². The van der Waals surface area contributed by atoms with Crippen molar-refractivity contribution >= 4 is 0 Å². The van der Waals surface area contributed by atoms with Gasteiger partial charge in [0.15, 0.2) is 0 Å². The standard InChI is InChI=1S/C12H19N/c1-10(2)13-8-7-12-6-4-5-11(3)9-12/h4-6,9-10,13H,7-8H2,1-3H3. The fourth-order valence-corrected chi connectivity index (χ4v) is 1.37. The van der Waals surface area contributed by atoms with Crippen molar-refractivity contribution < 1.29 is 0 Å². The number of nitrogens with one attached hydrogen (secondary N) is 1. The van der Waals surface area contributed by atoms with Gasteiger partial charge in [0.25, 0.3) is 0 Å². The van der Waals surface area contributed by atoms with Crippen LogP contribution in [-0.2, 0) is 6.42 Å². The molecule has 1 heteroatoms. The Balaban J connectivity index is 2.37. The van der Waals surface area contributed by atoms with E-state index in [0.717, 1.165) is 13.0 Å². The Hall–Kier alpha value is -0.820. The fraction of sp³-hybridized carbons (Fsp3) is 0.500. The molecule has 1 aromatic rings. The van der Waals surface area contributed by atoms with Gasteiger partial charge >= 0.3 is 0 Å². The Morgan fingerprint density at radius 2 is 2.08 bits per heavy atom. The SMILES string of the molecule is Cc1cccc(CCNC(C)C)c1. The Bertz CT molecular complexity index is 253. The summed E-state index contributed by atoms with van der Waals surface area (Å²) in [6.07, 6.45) is 1.12. The average molecular weight is 177 g/mol. The van der Waals surface area contributed by atoms with E-state index in [-0.39, 0.29) is 0 Å². The highest BCUT2D eigenvalue weighted by atomic mass is 14.9. The zero-order valence-electron chi connectivity index (χ0n) is 8.80. The first-order valence-corrected chi connectivity index (χ1v) is 4.97. The normalized spacial score (nSPS) is 10.8. The highest BCUT2D eigenvalue weighted by molar-refractivity contribution is 5.22. The van der Waals surface area contributed by atoms with E-state index in [1.165, 1.54) is 11.1 Å². The van der Waals surface area contributed by atoms with Crippen molar-refractivity contribution in [1.29, 1.82) is 0 Å². The van der Waals surface area contributed by atoms with Crippen LogP contribution in [0.3, 0.4) is 0 Å². The molecule has 0 bridgehead atoms. The molecule has 0 unspecified atom stereocenters. The molecule has 0 aromatic heterocycles. The third kappa shape index (κ3) is 4.09. The molecule has 1 nitrogen and oxygen atoms in total. The lowest BCUT2D eigenvalue weighted by atomic mass is 10.1. The summed E-state index contributed by atoms with van der Waals surface area (Å²) in [5.41, 5.74) is 2.77. The highest BCUT2D eigenvalue weighted by Crippen LogP contribution is 2.03. The van der Waals surface area contributed by atoms with Crippen molar-refractivity contribution in [3.05, 3.63) is 35.4 Å². The Morgan fingerprint density at radius 1 is 1.31 bits per heavy atom. The molecule has 0 saturated carbocycles. The monoisotopic (exact) mass is 177 g/mol. The molecule has 0 radical (unpaired) electrons. The van der Waals surface area contributed by atoms with Crippen molar-refractivity contribution in [2.24, 2.45) is 0 Å². The van der Waals surface area contributed by atoms with Crippen LogP contribution in [0.4, 0.5) is 0 Å². The minimum atomic E-state index is 0.588. The van der Waals surface area contributed by atoms with Crippen molar-refractivity contribution in [2.75, 3.05) is 6.54 Å². The molecule has 1 aromatic carbocycles. The first-order valence-electron chi connectivity index (χ1n) is 4.97. The van der Waals surface area contributed by atoms with Gasteiger partial charge in [0.1, 0.15) is 0 Å². The molecule has 0 heterocycles. The average Bonchev–Trinajstić information content (AvgIpc) is 2.03. The molecule has 0 fully saturated rings. The van der Waals surface area contributed by atoms with Crippen molar-refractivity contribution in [1.82, 2.24) is 5.32 Å². The number of hydrogen-bond donors (Lipinski definition) is 1. The lowest BCUT2D eigenvalue weighted by Crippen LogP contribution is -2.24. The van der Waals surface area contributed by atoms with Crippen molar-refractivity contribution in [3.63, 3.8) is 0 Å². The molecule has 0 amide bonds. The molecule has 72 valence electrons. The number of benzene rings is 1. The second kappa shape index (κ2) is 5.03. The summed E-state index contributed by atoms with van der Waals surface area (Å²) in [6, 6.07) is 9.29. The van der Waals surface area contributed by atoms with Crippen LogP contribution < -0.4 is 5.32 Å². The van der Waals surface area contributed by atoms with Crippen molar-refractivity contribution in [3.8, 4) is 0 Å². The molecule has 1 N–H and O–H groups in total. The van der Waals surface area contributed by atoms with E-state index in [9.17, 15) is 0 Å². The van der Waals surface area contributed by atoms with E-state index in [0.29, 0.717) is 6.04 Å². The van der Waals surface area contributed by atoms with Crippen LogP contribution in [0.1, 0.15) is 25.0 Å². The van der Waals surface area contributed by atoms with Crippen LogP contribution >= 0.6 is 0 Å². The van der Waals surface area contributed by atoms with Gasteiger partial charge in [-0.3, -0.25) is 0 Å². The molecule has 13 heavy (non-hydrogen) atoms. The molecule has 0 aliphatic rings. The van der Waals surface area contributed by atoms with Gasteiger partial charge in [-0.25, -0.2) is 0 Å². The minimum Gasteiger partial charge on any atom is -0.314 e. The third-order valence-corrected chi connectivity index (χ3v) is 2.05. The smallest absolute Gasteiger partial charge is 0.00105 e. The summed E-state index contributed by atoms with van der Waals surface area (Å²) in [5, 5.41) is 3.41. The molecular weight excluding hydrogens is 158 g/mol. The quantitative estimate of drug-likeness (QED) is 0.745. The molecule has 0 spiro atoms. The summed E-state index contributed by atoms with van der Waals surface area (Å²) < 4.78 is 0. The third-order valence-electron chi connectivity index (χ3n) is 2.05. The summed E-state index contributed by atoms with van der Waals surface area (Å²) >= 11 is 0. The van der Waals surface area contributed by atoms with Crippen LogP contribution in [0.5, 0.6) is 0 Å². The predicted molar refractivity (Wildman–Crippen MR) is 58.0 cm³/mol. The lowest BCUT2D eigenvalue weighted by molar-refractivity contribution is 0.590. The first-order chi connectivity index (χ1) is 6.18. The maximum Gasteiger partial charge on any atom is 0.00105 e. The van der Waals surface area contributed by atoms with Gasteiger partial charge in [-0.2, -0.15) is 0 Å². The van der Waals surface area contributed by atoms with E-state index in [4.69, 9.17) is 0 Å². The predicted octanol–water partition coefficient (Wildman–Crippen LogP) is 2.54. The largest absolute Gasteiger partial charge is 0.314 e. The topological polar surface area (TPSA) is 12.0 Å². The summed E-state index contributed by atoms with van der Waals surface area (Å²) in [7, 11) is 0. The maximum atomic E-state index is 3.41. The zero-order valence-corrected chi connectivity index (χ0v) is 8.80. The molecular formula is C12H19N. The highest BCUT2D eigenvalue weighted by Gasteiger charge is 1.94. The second-order valence-corrected chi connectivity index (χ2v) is 3.85. The van der Waals surface area contributed by atoms with Gasteiger partial charge in [-0.1, -0.05) is 43.7 Å². The van der Waals surface area contributed by atoms with Gasteiger partial charge in [0.2, 0.25) is 0 Å². The molecule has 0 aliphatic carbocycles. The summed E-state index contributed by atoms with van der Waals surface area (Å²) in [5.74, 6) is 0. The molecule has 0 atom stereocenters. The number of aryl methyl sites for hydroxylation is 1. The minimum absolute atomic E-state index is 0.588. The van der Waals surface area contributed by atoms with E-state index < -0.39 is 0 Å².